The average molecular weight is 292 g/mol. The third-order valence-corrected chi connectivity index (χ3v) is 4.11. The first-order chi connectivity index (χ1) is 10.1. The summed E-state index contributed by atoms with van der Waals surface area (Å²) in [6, 6.07) is 10.4. The molecule has 0 unspecified atom stereocenters. The van der Waals surface area contributed by atoms with Crippen LogP contribution in [0.3, 0.4) is 0 Å². The molecule has 0 spiro atoms. The van der Waals surface area contributed by atoms with Crippen molar-refractivity contribution in [3.8, 4) is 0 Å². The van der Waals surface area contributed by atoms with Gasteiger partial charge >= 0.3 is 0 Å². The molecule has 0 aliphatic carbocycles. The summed E-state index contributed by atoms with van der Waals surface area (Å²) in [4.78, 5) is 4.63. The number of aliphatic hydroxyl groups excluding tert-OH is 1. The first kappa shape index (κ1) is 16.4. The summed E-state index contributed by atoms with van der Waals surface area (Å²) >= 11 is 0. The lowest BCUT2D eigenvalue weighted by molar-refractivity contribution is 0.00584. The van der Waals surface area contributed by atoms with E-state index < -0.39 is 6.10 Å². The van der Waals surface area contributed by atoms with E-state index in [2.05, 4.69) is 35.9 Å². The molecule has 2 rings (SSSR count). The van der Waals surface area contributed by atoms with Crippen LogP contribution in [0.25, 0.3) is 0 Å². The first-order valence-corrected chi connectivity index (χ1v) is 7.87. The topological polar surface area (TPSA) is 35.9 Å². The van der Waals surface area contributed by atoms with Crippen molar-refractivity contribution in [3.05, 3.63) is 35.9 Å². The Bertz CT molecular complexity index is 391. The lowest BCUT2D eigenvalue weighted by Crippen LogP contribution is -2.47. The number of β-amino-alcohol motifs (C(OH)–C–C–N with tert-alkyl or cyclic N) is 1. The van der Waals surface area contributed by atoms with Crippen LogP contribution in [0.15, 0.2) is 30.3 Å². The molecule has 1 aliphatic rings. The van der Waals surface area contributed by atoms with Gasteiger partial charge in [0, 0.05) is 38.6 Å². The maximum Gasteiger partial charge on any atom is 0.0900 e. The zero-order valence-electron chi connectivity index (χ0n) is 13.2. The van der Waals surface area contributed by atoms with E-state index in [1.807, 2.05) is 18.2 Å². The summed E-state index contributed by atoms with van der Waals surface area (Å²) in [7, 11) is 2.14. The highest BCUT2D eigenvalue weighted by Gasteiger charge is 2.17. The van der Waals surface area contributed by atoms with E-state index in [0.717, 1.165) is 26.2 Å². The molecule has 0 saturated carbocycles. The smallest absolute Gasteiger partial charge is 0.0900 e. The summed E-state index contributed by atoms with van der Waals surface area (Å²) in [5.74, 6) is 0.363. The van der Waals surface area contributed by atoms with Gasteiger partial charge in [-0.1, -0.05) is 37.3 Å². The largest absolute Gasteiger partial charge is 0.389 e. The van der Waals surface area contributed by atoms with E-state index in [4.69, 9.17) is 4.74 Å². The molecule has 0 bridgehead atoms. The highest BCUT2D eigenvalue weighted by atomic mass is 16.5. The van der Waals surface area contributed by atoms with Crippen LogP contribution in [0, 0.1) is 0 Å². The van der Waals surface area contributed by atoms with E-state index in [1.165, 1.54) is 5.56 Å². The predicted molar refractivity (Wildman–Crippen MR) is 85.6 cm³/mol. The maximum atomic E-state index is 10.1. The molecule has 1 saturated heterocycles. The van der Waals surface area contributed by atoms with Gasteiger partial charge in [-0.2, -0.15) is 0 Å². The van der Waals surface area contributed by atoms with Crippen LogP contribution in [0.1, 0.15) is 18.4 Å². The standard InChI is InChI=1S/C17H28N2O2/c1-15(16-6-4-3-5-7-16)13-21-14-17(20)12-19-10-8-18(2)9-11-19/h3-7,15,17,20H,8-14H2,1-2H3/t15-,17+/m0/s1. The maximum absolute atomic E-state index is 10.1. The number of rotatable bonds is 7. The number of ether oxygens (including phenoxy) is 1. The van der Waals surface area contributed by atoms with Crippen molar-refractivity contribution in [3.63, 3.8) is 0 Å². The van der Waals surface area contributed by atoms with Crippen molar-refractivity contribution in [1.29, 1.82) is 0 Å². The molecule has 4 nitrogen and oxygen atoms in total. The van der Waals surface area contributed by atoms with Gasteiger partial charge in [0.15, 0.2) is 0 Å². The number of likely N-dealkylation sites (N-methyl/N-ethyl adjacent to an activating group) is 1. The molecule has 1 aliphatic heterocycles. The van der Waals surface area contributed by atoms with Gasteiger partial charge in [0.25, 0.3) is 0 Å². The Morgan fingerprint density at radius 2 is 1.76 bits per heavy atom. The molecule has 1 fully saturated rings. The molecular weight excluding hydrogens is 264 g/mol. The fourth-order valence-corrected chi connectivity index (χ4v) is 2.64. The van der Waals surface area contributed by atoms with Crippen molar-refractivity contribution in [2.75, 3.05) is 53.0 Å². The third-order valence-electron chi connectivity index (χ3n) is 4.11. The van der Waals surface area contributed by atoms with Crippen LogP contribution >= 0.6 is 0 Å². The van der Waals surface area contributed by atoms with Gasteiger partial charge in [-0.05, 0) is 12.6 Å². The summed E-state index contributed by atoms with van der Waals surface area (Å²) in [5, 5.41) is 10.1. The van der Waals surface area contributed by atoms with Gasteiger partial charge < -0.3 is 14.7 Å². The van der Waals surface area contributed by atoms with Crippen LogP contribution in [0.2, 0.25) is 0 Å². The monoisotopic (exact) mass is 292 g/mol. The van der Waals surface area contributed by atoms with E-state index in [1.54, 1.807) is 0 Å². The van der Waals surface area contributed by atoms with Gasteiger partial charge in [-0.25, -0.2) is 0 Å². The van der Waals surface area contributed by atoms with E-state index >= 15 is 0 Å². The number of aliphatic hydroxyl groups is 1. The van der Waals surface area contributed by atoms with Crippen LogP contribution in [0.5, 0.6) is 0 Å². The number of benzene rings is 1. The van der Waals surface area contributed by atoms with Crippen molar-refractivity contribution in [2.45, 2.75) is 18.9 Å². The Morgan fingerprint density at radius 1 is 1.10 bits per heavy atom. The second-order valence-electron chi connectivity index (χ2n) is 6.11. The van der Waals surface area contributed by atoms with Gasteiger partial charge in [0.2, 0.25) is 0 Å². The van der Waals surface area contributed by atoms with Crippen LogP contribution in [-0.2, 0) is 4.74 Å². The SMILES string of the molecule is C[C@@H](COC[C@H](O)CN1CCN(C)CC1)c1ccccc1. The zero-order chi connectivity index (χ0) is 15.1. The van der Waals surface area contributed by atoms with Crippen LogP contribution in [-0.4, -0.2) is 74.0 Å². The van der Waals surface area contributed by atoms with E-state index in [0.29, 0.717) is 25.7 Å². The number of hydrogen-bond donors (Lipinski definition) is 1. The minimum Gasteiger partial charge on any atom is -0.389 e. The molecule has 4 heteroatoms. The summed E-state index contributed by atoms with van der Waals surface area (Å²) in [5.41, 5.74) is 1.28. The number of hydrogen-bond acceptors (Lipinski definition) is 4. The molecule has 0 radical (unpaired) electrons. The van der Waals surface area contributed by atoms with Gasteiger partial charge in [-0.15, -0.1) is 0 Å². The van der Waals surface area contributed by atoms with Gasteiger partial charge in [-0.3, -0.25) is 4.90 Å². The molecule has 1 aromatic rings. The Hall–Kier alpha value is -0.940. The highest BCUT2D eigenvalue weighted by molar-refractivity contribution is 5.18. The summed E-state index contributed by atoms with van der Waals surface area (Å²) < 4.78 is 5.69. The molecule has 1 N–H and O–H groups in total. The minimum atomic E-state index is -0.392. The first-order valence-electron chi connectivity index (χ1n) is 7.87. The van der Waals surface area contributed by atoms with Crippen molar-refractivity contribution >= 4 is 0 Å². The molecule has 118 valence electrons. The summed E-state index contributed by atoms with van der Waals surface area (Å²) in [6.07, 6.45) is -0.392. The highest BCUT2D eigenvalue weighted by Crippen LogP contribution is 2.14. The lowest BCUT2D eigenvalue weighted by atomic mass is 10.0. The quantitative estimate of drug-likeness (QED) is 0.824. The lowest BCUT2D eigenvalue weighted by Gasteiger charge is -2.33. The Morgan fingerprint density at radius 3 is 2.43 bits per heavy atom. The average Bonchev–Trinajstić information content (AvgIpc) is 2.50. The summed E-state index contributed by atoms with van der Waals surface area (Å²) in [6.45, 7) is 8.18. The second kappa shape index (κ2) is 8.49. The molecule has 0 aromatic heterocycles. The Kier molecular flexibility index (Phi) is 6.64. The van der Waals surface area contributed by atoms with Crippen molar-refractivity contribution < 1.29 is 9.84 Å². The molecule has 1 heterocycles. The van der Waals surface area contributed by atoms with Crippen LogP contribution in [0.4, 0.5) is 0 Å². The van der Waals surface area contributed by atoms with Gasteiger partial charge in [0.1, 0.15) is 0 Å². The molecular formula is C17H28N2O2. The van der Waals surface area contributed by atoms with Crippen LogP contribution < -0.4 is 0 Å². The minimum absolute atomic E-state index is 0.363. The molecule has 1 aromatic carbocycles. The molecule has 0 amide bonds. The second-order valence-corrected chi connectivity index (χ2v) is 6.11. The van der Waals surface area contributed by atoms with Gasteiger partial charge in [0.05, 0.1) is 19.3 Å². The number of nitrogens with zero attached hydrogens (tertiary/aromatic N) is 2. The molecule has 2 atom stereocenters. The van der Waals surface area contributed by atoms with E-state index in [-0.39, 0.29) is 0 Å². The fourth-order valence-electron chi connectivity index (χ4n) is 2.64. The van der Waals surface area contributed by atoms with Crippen molar-refractivity contribution in [2.24, 2.45) is 0 Å². The predicted octanol–water partition coefficient (Wildman–Crippen LogP) is 1.42. The zero-order valence-corrected chi connectivity index (χ0v) is 13.2. The third kappa shape index (κ3) is 5.75. The Labute approximate surface area is 128 Å². The molecule has 21 heavy (non-hydrogen) atoms. The number of piperazine rings is 1. The van der Waals surface area contributed by atoms with E-state index in [9.17, 15) is 5.11 Å². The van der Waals surface area contributed by atoms with Crippen molar-refractivity contribution in [1.82, 2.24) is 9.80 Å². The Balaban J connectivity index is 1.62. The fraction of sp³-hybridized carbons (Fsp3) is 0.647. The normalized spacial score (nSPS) is 20.3.